The smallest absolute Gasteiger partial charge is 0.227 e. The summed E-state index contributed by atoms with van der Waals surface area (Å²) in [4.78, 5) is 14.6. The van der Waals surface area contributed by atoms with Crippen LogP contribution in [0.15, 0.2) is 0 Å². The molecule has 2 fully saturated rings. The molecule has 0 radical (unpaired) electrons. The minimum atomic E-state index is 0.201. The zero-order valence-electron chi connectivity index (χ0n) is 10.8. The molecule has 1 unspecified atom stereocenters. The first-order valence-electron chi connectivity index (χ1n) is 6.92. The van der Waals surface area contributed by atoms with Gasteiger partial charge in [-0.05, 0) is 39.2 Å². The quantitative estimate of drug-likeness (QED) is 0.800. The second kappa shape index (κ2) is 6.36. The van der Waals surface area contributed by atoms with E-state index >= 15 is 0 Å². The van der Waals surface area contributed by atoms with Gasteiger partial charge in [-0.15, -0.1) is 0 Å². The molecule has 0 aliphatic carbocycles. The summed E-state index contributed by atoms with van der Waals surface area (Å²) in [7, 11) is 0. The van der Waals surface area contributed by atoms with Crippen LogP contribution in [0.2, 0.25) is 0 Å². The van der Waals surface area contributed by atoms with Gasteiger partial charge in [-0.25, -0.2) is 0 Å². The predicted octanol–water partition coefficient (Wildman–Crippen LogP) is 1.01. The Balaban J connectivity index is 1.93. The molecule has 2 aliphatic heterocycles. The van der Waals surface area contributed by atoms with Gasteiger partial charge in [-0.1, -0.05) is 0 Å². The predicted molar refractivity (Wildman–Crippen MR) is 66.8 cm³/mol. The number of ether oxygens (including phenoxy) is 1. The van der Waals surface area contributed by atoms with Crippen molar-refractivity contribution < 1.29 is 9.53 Å². The maximum atomic E-state index is 12.5. The fraction of sp³-hybridized carbons (Fsp3) is 0.923. The van der Waals surface area contributed by atoms with Crippen molar-refractivity contribution in [1.29, 1.82) is 0 Å². The van der Waals surface area contributed by atoms with Gasteiger partial charge >= 0.3 is 0 Å². The zero-order chi connectivity index (χ0) is 12.1. The average Bonchev–Trinajstić information content (AvgIpc) is 2.42. The third kappa shape index (κ3) is 3.19. The summed E-state index contributed by atoms with van der Waals surface area (Å²) in [6.45, 7) is 6.45. The first-order valence-corrected chi connectivity index (χ1v) is 6.92. The molecule has 0 bridgehead atoms. The molecule has 17 heavy (non-hydrogen) atoms. The molecule has 1 N–H and O–H groups in total. The summed E-state index contributed by atoms with van der Waals surface area (Å²) >= 11 is 0. The van der Waals surface area contributed by atoms with E-state index in [1.54, 1.807) is 0 Å². The van der Waals surface area contributed by atoms with E-state index in [4.69, 9.17) is 4.74 Å². The zero-order valence-corrected chi connectivity index (χ0v) is 10.8. The summed E-state index contributed by atoms with van der Waals surface area (Å²) in [6, 6.07) is 0.406. The number of rotatable bonds is 3. The number of nitrogens with one attached hydrogen (secondary N) is 1. The Labute approximate surface area is 104 Å². The Hall–Kier alpha value is -0.610. The van der Waals surface area contributed by atoms with Crippen molar-refractivity contribution in [3.63, 3.8) is 0 Å². The van der Waals surface area contributed by atoms with Gasteiger partial charge in [0.05, 0.1) is 5.92 Å². The topological polar surface area (TPSA) is 41.6 Å². The van der Waals surface area contributed by atoms with Crippen LogP contribution in [0.5, 0.6) is 0 Å². The number of nitrogens with zero attached hydrogens (tertiary/aromatic N) is 1. The van der Waals surface area contributed by atoms with Crippen molar-refractivity contribution in [3.05, 3.63) is 0 Å². The van der Waals surface area contributed by atoms with Gasteiger partial charge < -0.3 is 15.0 Å². The molecule has 0 aromatic carbocycles. The first-order chi connectivity index (χ1) is 8.33. The van der Waals surface area contributed by atoms with E-state index in [0.29, 0.717) is 11.9 Å². The molecule has 4 nitrogen and oxygen atoms in total. The van der Waals surface area contributed by atoms with E-state index in [9.17, 15) is 4.79 Å². The summed E-state index contributed by atoms with van der Waals surface area (Å²) in [6.07, 6.45) is 4.17. The molecule has 0 saturated carbocycles. The molecule has 2 heterocycles. The molecule has 0 spiro atoms. The third-order valence-corrected chi connectivity index (χ3v) is 3.90. The van der Waals surface area contributed by atoms with Gasteiger partial charge in [0.15, 0.2) is 0 Å². The van der Waals surface area contributed by atoms with E-state index in [1.807, 2.05) is 0 Å². The third-order valence-electron chi connectivity index (χ3n) is 3.90. The maximum Gasteiger partial charge on any atom is 0.227 e. The molecule has 2 rings (SSSR count). The summed E-state index contributed by atoms with van der Waals surface area (Å²) in [5.74, 6) is 0.554. The van der Waals surface area contributed by atoms with Crippen molar-refractivity contribution in [1.82, 2.24) is 10.2 Å². The molecule has 98 valence electrons. The number of carbonyl (C=O) groups is 1. The van der Waals surface area contributed by atoms with Crippen LogP contribution < -0.4 is 5.32 Å². The van der Waals surface area contributed by atoms with Gasteiger partial charge in [0.1, 0.15) is 0 Å². The van der Waals surface area contributed by atoms with Crippen LogP contribution in [0.1, 0.15) is 32.6 Å². The lowest BCUT2D eigenvalue weighted by Gasteiger charge is -2.36. The molecule has 2 saturated heterocycles. The van der Waals surface area contributed by atoms with E-state index in [1.165, 1.54) is 0 Å². The lowest BCUT2D eigenvalue weighted by Crippen LogP contribution is -2.49. The van der Waals surface area contributed by atoms with Gasteiger partial charge in [0.25, 0.3) is 0 Å². The highest BCUT2D eigenvalue weighted by Crippen LogP contribution is 2.20. The van der Waals surface area contributed by atoms with E-state index < -0.39 is 0 Å². The number of hydrogen-bond acceptors (Lipinski definition) is 3. The van der Waals surface area contributed by atoms with Gasteiger partial charge in [-0.2, -0.15) is 0 Å². The molecule has 1 atom stereocenters. The second-order valence-corrected chi connectivity index (χ2v) is 5.01. The highest BCUT2D eigenvalue weighted by atomic mass is 16.5. The molecular weight excluding hydrogens is 216 g/mol. The molecule has 4 heteroatoms. The van der Waals surface area contributed by atoms with Crippen LogP contribution in [0, 0.1) is 5.92 Å². The van der Waals surface area contributed by atoms with Crippen LogP contribution in [-0.4, -0.2) is 49.7 Å². The normalized spacial score (nSPS) is 26.8. The van der Waals surface area contributed by atoms with Crippen LogP contribution in [0.3, 0.4) is 0 Å². The van der Waals surface area contributed by atoms with E-state index in [2.05, 4.69) is 17.1 Å². The van der Waals surface area contributed by atoms with Crippen LogP contribution in [0.4, 0.5) is 0 Å². The average molecular weight is 240 g/mol. The van der Waals surface area contributed by atoms with Crippen LogP contribution in [-0.2, 0) is 9.53 Å². The van der Waals surface area contributed by atoms with Crippen molar-refractivity contribution >= 4 is 5.91 Å². The number of piperidine rings is 1. The number of hydrogen-bond donors (Lipinski definition) is 1. The first kappa shape index (κ1) is 12.8. The number of carbonyl (C=O) groups excluding carboxylic acids is 1. The lowest BCUT2D eigenvalue weighted by molar-refractivity contribution is -0.140. The Morgan fingerprint density at radius 1 is 1.35 bits per heavy atom. The van der Waals surface area contributed by atoms with Crippen molar-refractivity contribution in [2.75, 3.05) is 32.8 Å². The molecule has 1 amide bonds. The summed E-state index contributed by atoms with van der Waals surface area (Å²) in [5.41, 5.74) is 0. The summed E-state index contributed by atoms with van der Waals surface area (Å²) in [5, 5.41) is 3.33. The Kier molecular flexibility index (Phi) is 4.80. The summed E-state index contributed by atoms with van der Waals surface area (Å²) < 4.78 is 5.37. The lowest BCUT2D eigenvalue weighted by atomic mass is 9.96. The van der Waals surface area contributed by atoms with E-state index in [-0.39, 0.29) is 5.92 Å². The fourth-order valence-electron chi connectivity index (χ4n) is 2.89. The minimum absolute atomic E-state index is 0.201. The molecule has 0 aromatic heterocycles. The monoisotopic (exact) mass is 240 g/mol. The fourth-order valence-corrected chi connectivity index (χ4v) is 2.89. The largest absolute Gasteiger partial charge is 0.381 e. The van der Waals surface area contributed by atoms with E-state index in [0.717, 1.165) is 58.5 Å². The maximum absolute atomic E-state index is 12.5. The van der Waals surface area contributed by atoms with Crippen molar-refractivity contribution in [2.24, 2.45) is 5.92 Å². The second-order valence-electron chi connectivity index (χ2n) is 5.01. The van der Waals surface area contributed by atoms with Gasteiger partial charge in [0.2, 0.25) is 5.91 Å². The van der Waals surface area contributed by atoms with Crippen LogP contribution >= 0.6 is 0 Å². The van der Waals surface area contributed by atoms with Crippen molar-refractivity contribution in [3.8, 4) is 0 Å². The van der Waals surface area contributed by atoms with Gasteiger partial charge in [-0.3, -0.25) is 4.79 Å². The highest BCUT2D eigenvalue weighted by Gasteiger charge is 2.30. The Morgan fingerprint density at radius 3 is 2.71 bits per heavy atom. The Bertz CT molecular complexity index is 246. The van der Waals surface area contributed by atoms with Crippen LogP contribution in [0.25, 0.3) is 0 Å². The standard InChI is InChI=1S/C13H24N2O2/c1-2-15(12-5-8-17-9-6-12)13(16)11-4-3-7-14-10-11/h11-12,14H,2-10H2,1H3. The number of amides is 1. The SMILES string of the molecule is CCN(C(=O)C1CCCNC1)C1CCOCC1. The highest BCUT2D eigenvalue weighted by molar-refractivity contribution is 5.79. The van der Waals surface area contributed by atoms with Gasteiger partial charge in [0, 0.05) is 32.3 Å². The molecular formula is C13H24N2O2. The van der Waals surface area contributed by atoms with Crippen molar-refractivity contribution in [2.45, 2.75) is 38.6 Å². The minimum Gasteiger partial charge on any atom is -0.381 e. The molecule has 0 aromatic rings. The molecule has 2 aliphatic rings. The Morgan fingerprint density at radius 2 is 2.12 bits per heavy atom.